The summed E-state index contributed by atoms with van der Waals surface area (Å²) >= 11 is 0. The lowest BCUT2D eigenvalue weighted by molar-refractivity contribution is -0.148. The van der Waals surface area contributed by atoms with Gasteiger partial charge in [-0.2, -0.15) is 4.31 Å². The first-order valence-corrected chi connectivity index (χ1v) is 5.23. The number of carbonyl (C=O) groups is 1. The molecule has 76 valence electrons. The van der Waals surface area contributed by atoms with Gasteiger partial charge in [0.2, 0.25) is 10.9 Å². The number of esters is 1. The van der Waals surface area contributed by atoms with Crippen LogP contribution in [-0.2, 0) is 20.4 Å². The molecule has 1 rings (SSSR count). The molecular weight excluding hydrogens is 194 g/mol. The van der Waals surface area contributed by atoms with E-state index in [1.165, 1.54) is 7.05 Å². The van der Waals surface area contributed by atoms with Crippen molar-refractivity contribution < 1.29 is 17.9 Å². The molecule has 0 spiro atoms. The van der Waals surface area contributed by atoms with Gasteiger partial charge in [0.15, 0.2) is 0 Å². The third kappa shape index (κ3) is 1.83. The van der Waals surface area contributed by atoms with E-state index in [0.29, 0.717) is 12.8 Å². The van der Waals surface area contributed by atoms with Crippen molar-refractivity contribution in [2.24, 2.45) is 0 Å². The molecule has 0 atom stereocenters. The van der Waals surface area contributed by atoms with Gasteiger partial charge in [-0.05, 0) is 19.8 Å². The van der Waals surface area contributed by atoms with Crippen molar-refractivity contribution >= 4 is 16.9 Å². The quantitative estimate of drug-likeness (QED) is 0.500. The number of carbonyl (C=O) groups excluding carboxylic acids is 1. The summed E-state index contributed by atoms with van der Waals surface area (Å²) < 4.78 is 27.2. The third-order valence-electron chi connectivity index (χ3n) is 2.24. The number of thiol groups is 1. The maximum atomic E-state index is 11.3. The number of rotatable bonds is 4. The fourth-order valence-electron chi connectivity index (χ4n) is 1.20. The minimum Gasteiger partial charge on any atom is -0.465 e. The molecule has 6 heteroatoms. The predicted molar refractivity (Wildman–Crippen MR) is 46.7 cm³/mol. The fourth-order valence-corrected chi connectivity index (χ4v) is 1.79. The summed E-state index contributed by atoms with van der Waals surface area (Å²) in [6, 6.07) is 0. The van der Waals surface area contributed by atoms with Crippen LogP contribution in [0.3, 0.4) is 0 Å². The first-order valence-electron chi connectivity index (χ1n) is 4.10. The Morgan fingerprint density at radius 1 is 1.54 bits per heavy atom. The zero-order chi connectivity index (χ0) is 10.1. The molecule has 0 bridgehead atoms. The van der Waals surface area contributed by atoms with Gasteiger partial charge in [0.1, 0.15) is 5.54 Å². The van der Waals surface area contributed by atoms with Crippen molar-refractivity contribution in [1.29, 1.82) is 0 Å². The van der Waals surface area contributed by atoms with Crippen LogP contribution in [0, 0.1) is 0 Å². The van der Waals surface area contributed by atoms with Crippen LogP contribution < -0.4 is 0 Å². The molecule has 0 heterocycles. The zero-order valence-electron chi connectivity index (χ0n) is 7.65. The molecular formula is C7H13NO4S. The fraction of sp³-hybridized carbons (Fsp3) is 0.857. The first-order chi connectivity index (χ1) is 6.04. The van der Waals surface area contributed by atoms with Crippen LogP contribution in [0.15, 0.2) is 0 Å². The van der Waals surface area contributed by atoms with E-state index in [1.807, 2.05) is 0 Å². The molecule has 1 aliphatic rings. The van der Waals surface area contributed by atoms with Gasteiger partial charge < -0.3 is 4.74 Å². The van der Waals surface area contributed by atoms with E-state index in [2.05, 4.69) is 0 Å². The molecule has 0 N–H and O–H groups in total. The molecule has 0 amide bonds. The lowest BCUT2D eigenvalue weighted by atomic mass is 10.3. The van der Waals surface area contributed by atoms with E-state index >= 15 is 0 Å². The summed E-state index contributed by atoms with van der Waals surface area (Å²) in [4.78, 5) is 11.3. The monoisotopic (exact) mass is 207 g/mol. The summed E-state index contributed by atoms with van der Waals surface area (Å²) in [5.74, 6) is -0.434. The van der Waals surface area contributed by atoms with Crippen LogP contribution in [0.4, 0.5) is 0 Å². The van der Waals surface area contributed by atoms with Gasteiger partial charge >= 0.3 is 5.97 Å². The molecule has 0 aliphatic heterocycles. The summed E-state index contributed by atoms with van der Waals surface area (Å²) in [6.45, 7) is 1.98. The van der Waals surface area contributed by atoms with Crippen molar-refractivity contribution in [3.05, 3.63) is 0 Å². The van der Waals surface area contributed by atoms with Crippen LogP contribution in [0.2, 0.25) is 0 Å². The predicted octanol–water partition coefficient (Wildman–Crippen LogP) is -0.460. The van der Waals surface area contributed by atoms with Crippen LogP contribution >= 0.6 is 0 Å². The average molecular weight is 207 g/mol. The van der Waals surface area contributed by atoms with Crippen molar-refractivity contribution in [3.63, 3.8) is 0 Å². The number of ether oxygens (including phenoxy) is 1. The lowest BCUT2D eigenvalue weighted by Gasteiger charge is -2.19. The second-order valence-electron chi connectivity index (χ2n) is 3.01. The van der Waals surface area contributed by atoms with Gasteiger partial charge in [-0.1, -0.05) is 0 Å². The molecule has 0 aromatic heterocycles. The minimum absolute atomic E-state index is 0.282. The highest BCUT2D eigenvalue weighted by Gasteiger charge is 2.56. The molecule has 1 fully saturated rings. The van der Waals surface area contributed by atoms with E-state index in [4.69, 9.17) is 4.74 Å². The van der Waals surface area contributed by atoms with Gasteiger partial charge in [0.25, 0.3) is 0 Å². The Bertz CT molecular complexity index is 274. The Morgan fingerprint density at radius 2 is 2.08 bits per heavy atom. The van der Waals surface area contributed by atoms with Crippen molar-refractivity contribution in [3.8, 4) is 0 Å². The third-order valence-corrected chi connectivity index (χ3v) is 3.12. The maximum Gasteiger partial charge on any atom is 0.327 e. The van der Waals surface area contributed by atoms with E-state index in [0.717, 1.165) is 4.31 Å². The van der Waals surface area contributed by atoms with Gasteiger partial charge in [0, 0.05) is 7.05 Å². The maximum absolute atomic E-state index is 11.3. The molecule has 1 saturated carbocycles. The van der Waals surface area contributed by atoms with E-state index < -0.39 is 22.4 Å². The van der Waals surface area contributed by atoms with E-state index in [1.54, 1.807) is 6.92 Å². The number of hydrogen-bond donors (Lipinski definition) is 1. The molecule has 0 aromatic rings. The molecule has 0 unspecified atom stereocenters. The second-order valence-corrected chi connectivity index (χ2v) is 4.09. The van der Waals surface area contributed by atoms with Gasteiger partial charge in [-0.3, -0.25) is 4.79 Å². The van der Waals surface area contributed by atoms with Crippen LogP contribution in [0.1, 0.15) is 19.8 Å². The Morgan fingerprint density at radius 3 is 2.38 bits per heavy atom. The second kappa shape index (κ2) is 3.63. The average Bonchev–Trinajstić information content (AvgIpc) is 2.83. The highest BCUT2D eigenvalue weighted by atomic mass is 32.2. The van der Waals surface area contributed by atoms with Gasteiger partial charge in [-0.15, -0.1) is 0 Å². The molecule has 1 aliphatic carbocycles. The van der Waals surface area contributed by atoms with Crippen LogP contribution in [-0.4, -0.2) is 37.9 Å². The molecule has 0 radical (unpaired) electrons. The zero-order valence-corrected chi connectivity index (χ0v) is 8.54. The van der Waals surface area contributed by atoms with Crippen LogP contribution in [0.5, 0.6) is 0 Å². The number of likely N-dealkylation sites (N-methyl/N-ethyl adjacent to an activating group) is 1. The Labute approximate surface area is 78.8 Å². The Hall–Kier alpha value is -0.620. The van der Waals surface area contributed by atoms with Gasteiger partial charge in [-0.25, -0.2) is 8.42 Å². The number of nitrogens with zero attached hydrogens (tertiary/aromatic N) is 1. The molecule has 0 aromatic carbocycles. The molecule has 5 nitrogen and oxygen atoms in total. The summed E-state index contributed by atoms with van der Waals surface area (Å²) in [5.41, 5.74) is -0.884. The summed E-state index contributed by atoms with van der Waals surface area (Å²) in [6.07, 6.45) is 1.12. The van der Waals surface area contributed by atoms with Crippen molar-refractivity contribution in [1.82, 2.24) is 4.31 Å². The van der Waals surface area contributed by atoms with Gasteiger partial charge in [0.05, 0.1) is 6.61 Å². The normalized spacial score (nSPS) is 19.1. The first kappa shape index (κ1) is 10.5. The van der Waals surface area contributed by atoms with Crippen molar-refractivity contribution in [2.75, 3.05) is 13.7 Å². The Kier molecular flexibility index (Phi) is 2.92. The summed E-state index contributed by atoms with van der Waals surface area (Å²) in [5, 5.41) is 0. The summed E-state index contributed by atoms with van der Waals surface area (Å²) in [7, 11) is -1.30. The topological polar surface area (TPSA) is 63.7 Å². The highest BCUT2D eigenvalue weighted by Crippen LogP contribution is 2.42. The Balaban J connectivity index is 2.71. The molecule has 13 heavy (non-hydrogen) atoms. The number of hydrogen-bond acceptors (Lipinski definition) is 4. The minimum atomic E-state index is -2.70. The SMILES string of the molecule is CCOC(=O)C1(N(C)[SH](=O)=O)CC1. The van der Waals surface area contributed by atoms with E-state index in [-0.39, 0.29) is 6.61 Å². The van der Waals surface area contributed by atoms with E-state index in [9.17, 15) is 13.2 Å². The lowest BCUT2D eigenvalue weighted by Crippen LogP contribution is -2.41. The highest BCUT2D eigenvalue weighted by molar-refractivity contribution is 7.69. The van der Waals surface area contributed by atoms with Crippen LogP contribution in [0.25, 0.3) is 0 Å². The smallest absolute Gasteiger partial charge is 0.327 e. The largest absolute Gasteiger partial charge is 0.465 e. The van der Waals surface area contributed by atoms with Crippen molar-refractivity contribution in [2.45, 2.75) is 25.3 Å². The molecule has 0 saturated heterocycles. The standard InChI is InChI=1S/C7H13NO4S/c1-3-12-6(9)7(4-5-7)8(2)13(10)11/h13H,3-5H2,1-2H3.